The molecule has 0 bridgehead atoms. The molecule has 0 saturated heterocycles. The third-order valence-corrected chi connectivity index (χ3v) is 3.98. The highest BCUT2D eigenvalue weighted by Gasteiger charge is 2.43. The van der Waals surface area contributed by atoms with Gasteiger partial charge in [0, 0.05) is 5.56 Å². The van der Waals surface area contributed by atoms with Gasteiger partial charge in [-0.15, -0.1) is 0 Å². The number of fused-ring (bicyclic) bond motifs is 1. The topological polar surface area (TPSA) is 29.5 Å². The molecule has 1 aliphatic rings. The third kappa shape index (κ3) is 1.77. The van der Waals surface area contributed by atoms with Crippen LogP contribution in [0.5, 0.6) is 5.75 Å². The third-order valence-electron chi connectivity index (χ3n) is 3.98. The highest BCUT2D eigenvalue weighted by atomic mass is 16.5. The van der Waals surface area contributed by atoms with E-state index in [4.69, 9.17) is 4.74 Å². The Kier molecular flexibility index (Phi) is 2.75. The van der Waals surface area contributed by atoms with Gasteiger partial charge in [-0.2, -0.15) is 0 Å². The first-order valence-corrected chi connectivity index (χ1v) is 6.46. The van der Waals surface area contributed by atoms with E-state index in [1.54, 1.807) is 7.11 Å². The first kappa shape index (κ1) is 11.5. The van der Waals surface area contributed by atoms with E-state index in [1.165, 1.54) is 16.3 Å². The van der Waals surface area contributed by atoms with Crippen molar-refractivity contribution in [3.8, 4) is 5.75 Å². The van der Waals surface area contributed by atoms with Crippen LogP contribution in [0.3, 0.4) is 0 Å². The lowest BCUT2D eigenvalue weighted by atomic mass is 9.98. The second-order valence-corrected chi connectivity index (χ2v) is 5.15. The van der Waals surface area contributed by atoms with Crippen molar-refractivity contribution in [3.63, 3.8) is 0 Å². The Morgan fingerprint density at radius 3 is 2.67 bits per heavy atom. The maximum absolute atomic E-state index is 9.72. The molecular weight excluding hydrogens is 224 g/mol. The summed E-state index contributed by atoms with van der Waals surface area (Å²) in [6, 6.07) is 12.5. The van der Waals surface area contributed by atoms with Crippen LogP contribution in [0.25, 0.3) is 10.8 Å². The molecule has 0 amide bonds. The molecule has 94 valence electrons. The fourth-order valence-electron chi connectivity index (χ4n) is 2.92. The Morgan fingerprint density at radius 1 is 1.22 bits per heavy atom. The molecule has 2 heteroatoms. The van der Waals surface area contributed by atoms with E-state index >= 15 is 0 Å². The molecule has 3 rings (SSSR count). The van der Waals surface area contributed by atoms with Crippen LogP contribution in [0.2, 0.25) is 0 Å². The molecule has 0 radical (unpaired) electrons. The maximum atomic E-state index is 9.72. The minimum atomic E-state index is -0.237. The predicted molar refractivity (Wildman–Crippen MR) is 73.0 cm³/mol. The van der Waals surface area contributed by atoms with Crippen molar-refractivity contribution in [2.75, 3.05) is 7.11 Å². The van der Waals surface area contributed by atoms with Crippen molar-refractivity contribution >= 4 is 10.8 Å². The summed E-state index contributed by atoms with van der Waals surface area (Å²) >= 11 is 0. The summed E-state index contributed by atoms with van der Waals surface area (Å²) in [5.41, 5.74) is 1.27. The summed E-state index contributed by atoms with van der Waals surface area (Å²) in [6.07, 6.45) is 0.820. The van der Waals surface area contributed by atoms with Gasteiger partial charge < -0.3 is 9.84 Å². The van der Waals surface area contributed by atoms with Crippen molar-refractivity contribution in [1.29, 1.82) is 0 Å². The fraction of sp³-hybridized carbons (Fsp3) is 0.375. The number of methoxy groups -OCH3 is 1. The van der Waals surface area contributed by atoms with Gasteiger partial charge in [0.1, 0.15) is 5.75 Å². The summed E-state index contributed by atoms with van der Waals surface area (Å²) in [6.45, 7) is 1.88. The molecule has 1 fully saturated rings. The van der Waals surface area contributed by atoms with E-state index in [1.807, 2.05) is 13.0 Å². The van der Waals surface area contributed by atoms with Crippen LogP contribution in [0.4, 0.5) is 0 Å². The molecule has 1 aliphatic carbocycles. The Morgan fingerprint density at radius 2 is 2.00 bits per heavy atom. The minimum Gasteiger partial charge on any atom is -0.496 e. The van der Waals surface area contributed by atoms with Crippen molar-refractivity contribution in [3.05, 3.63) is 42.0 Å². The average Bonchev–Trinajstić information content (AvgIpc) is 3.17. The quantitative estimate of drug-likeness (QED) is 0.894. The first-order valence-electron chi connectivity index (χ1n) is 6.46. The van der Waals surface area contributed by atoms with Crippen molar-refractivity contribution in [1.82, 2.24) is 0 Å². The number of rotatable bonds is 3. The molecule has 0 aliphatic heterocycles. The molecule has 2 aromatic rings. The van der Waals surface area contributed by atoms with Crippen LogP contribution in [0.1, 0.15) is 24.8 Å². The monoisotopic (exact) mass is 242 g/mol. The molecule has 2 aromatic carbocycles. The highest BCUT2D eigenvalue weighted by molar-refractivity contribution is 5.88. The summed E-state index contributed by atoms with van der Waals surface area (Å²) < 4.78 is 5.50. The molecule has 0 unspecified atom stereocenters. The molecule has 1 saturated carbocycles. The zero-order valence-corrected chi connectivity index (χ0v) is 10.8. The van der Waals surface area contributed by atoms with E-state index in [2.05, 4.69) is 30.3 Å². The van der Waals surface area contributed by atoms with E-state index in [-0.39, 0.29) is 6.10 Å². The fourth-order valence-corrected chi connectivity index (χ4v) is 2.92. The smallest absolute Gasteiger partial charge is 0.122 e. The van der Waals surface area contributed by atoms with Crippen LogP contribution < -0.4 is 4.74 Å². The van der Waals surface area contributed by atoms with Crippen LogP contribution in [0, 0.1) is 5.92 Å². The van der Waals surface area contributed by atoms with Gasteiger partial charge in [-0.3, -0.25) is 0 Å². The standard InChI is InChI=1S/C16H18O2/c1-10(17)13-9-14(13)16-12-6-4-3-5-11(12)7-8-15(16)18-2/h3-8,10,13-14,17H,9H2,1-2H3/t10-,13-,14-/m1/s1. The highest BCUT2D eigenvalue weighted by Crippen LogP contribution is 2.54. The first-order chi connectivity index (χ1) is 8.72. The maximum Gasteiger partial charge on any atom is 0.122 e. The zero-order chi connectivity index (χ0) is 12.7. The summed E-state index contributed by atoms with van der Waals surface area (Å²) in [4.78, 5) is 0. The second kappa shape index (κ2) is 4.29. The Labute approximate surface area is 107 Å². The van der Waals surface area contributed by atoms with Crippen LogP contribution in [-0.4, -0.2) is 18.3 Å². The van der Waals surface area contributed by atoms with Crippen molar-refractivity contribution in [2.45, 2.75) is 25.4 Å². The lowest BCUT2D eigenvalue weighted by Crippen LogP contribution is -2.04. The number of hydrogen-bond acceptors (Lipinski definition) is 2. The van der Waals surface area contributed by atoms with E-state index < -0.39 is 0 Å². The number of hydrogen-bond donors (Lipinski definition) is 1. The van der Waals surface area contributed by atoms with Crippen molar-refractivity contribution < 1.29 is 9.84 Å². The number of aliphatic hydroxyl groups is 1. The molecule has 0 heterocycles. The van der Waals surface area contributed by atoms with Crippen molar-refractivity contribution in [2.24, 2.45) is 5.92 Å². The van der Waals surface area contributed by atoms with Gasteiger partial charge in [0.15, 0.2) is 0 Å². The van der Waals surface area contributed by atoms with E-state index in [0.29, 0.717) is 11.8 Å². The van der Waals surface area contributed by atoms with E-state index in [9.17, 15) is 5.11 Å². The normalized spacial score (nSPS) is 23.9. The number of ether oxygens (including phenoxy) is 1. The largest absolute Gasteiger partial charge is 0.496 e. The molecule has 1 N–H and O–H groups in total. The summed E-state index contributed by atoms with van der Waals surface area (Å²) in [5, 5.41) is 12.2. The Balaban J connectivity index is 2.14. The van der Waals surface area contributed by atoms with Gasteiger partial charge >= 0.3 is 0 Å². The van der Waals surface area contributed by atoms with Crippen LogP contribution in [0.15, 0.2) is 36.4 Å². The molecule has 2 nitrogen and oxygen atoms in total. The Hall–Kier alpha value is -1.54. The van der Waals surface area contributed by atoms with Gasteiger partial charge in [0.25, 0.3) is 0 Å². The SMILES string of the molecule is COc1ccc2ccccc2c1[C@@H]1C[C@@H]1[C@@H](C)O. The van der Waals surface area contributed by atoms with Crippen LogP contribution in [-0.2, 0) is 0 Å². The lowest BCUT2D eigenvalue weighted by molar-refractivity contribution is 0.168. The second-order valence-electron chi connectivity index (χ2n) is 5.15. The minimum absolute atomic E-state index is 0.237. The lowest BCUT2D eigenvalue weighted by Gasteiger charge is -2.12. The molecule has 0 aromatic heterocycles. The molecule has 0 spiro atoms. The molecule has 3 atom stereocenters. The molecular formula is C16H18O2. The summed E-state index contributed by atoms with van der Waals surface area (Å²) in [5.74, 6) is 1.76. The van der Waals surface area contributed by atoms with Gasteiger partial charge in [-0.1, -0.05) is 30.3 Å². The zero-order valence-electron chi connectivity index (χ0n) is 10.8. The number of aliphatic hydroxyl groups excluding tert-OH is 1. The van der Waals surface area contributed by atoms with E-state index in [0.717, 1.165) is 12.2 Å². The predicted octanol–water partition coefficient (Wildman–Crippen LogP) is 3.33. The van der Waals surface area contributed by atoms with Gasteiger partial charge in [0.2, 0.25) is 0 Å². The average molecular weight is 242 g/mol. The molecule has 18 heavy (non-hydrogen) atoms. The van der Waals surface area contributed by atoms with Gasteiger partial charge in [-0.05, 0) is 42.0 Å². The van der Waals surface area contributed by atoms with Gasteiger partial charge in [0.05, 0.1) is 13.2 Å². The summed E-state index contributed by atoms with van der Waals surface area (Å²) in [7, 11) is 1.72. The van der Waals surface area contributed by atoms with Gasteiger partial charge in [-0.25, -0.2) is 0 Å². The number of benzene rings is 2. The van der Waals surface area contributed by atoms with Crippen LogP contribution >= 0.6 is 0 Å². The Bertz CT molecular complexity index is 574.